The predicted octanol–water partition coefficient (Wildman–Crippen LogP) is 4.14. The molecule has 0 aliphatic carbocycles. The van der Waals surface area contributed by atoms with Gasteiger partial charge in [0.1, 0.15) is 0 Å². The Morgan fingerprint density at radius 3 is 2.71 bits per heavy atom. The first-order valence-electron chi connectivity index (χ1n) is 9.08. The highest BCUT2D eigenvalue weighted by Crippen LogP contribution is 2.25. The van der Waals surface area contributed by atoms with Gasteiger partial charge >= 0.3 is 0 Å². The number of amides is 1. The first-order valence-corrected chi connectivity index (χ1v) is 9.08. The summed E-state index contributed by atoms with van der Waals surface area (Å²) in [6, 6.07) is 16.0. The summed E-state index contributed by atoms with van der Waals surface area (Å²) in [6.07, 6.45) is 2.14. The Morgan fingerprint density at radius 2 is 2.00 bits per heavy atom. The number of hydrogen-bond acceptors (Lipinski definition) is 2. The van der Waals surface area contributed by atoms with Crippen LogP contribution in [0.1, 0.15) is 45.2 Å². The Balaban J connectivity index is 1.70. The van der Waals surface area contributed by atoms with Crippen molar-refractivity contribution in [2.45, 2.75) is 45.7 Å². The van der Waals surface area contributed by atoms with E-state index in [1.165, 1.54) is 16.3 Å². The Morgan fingerprint density at radius 1 is 1.25 bits per heavy atom. The average Bonchev–Trinajstić information content (AvgIpc) is 2.61. The molecule has 1 aliphatic rings. The van der Waals surface area contributed by atoms with Gasteiger partial charge in [0.25, 0.3) is 0 Å². The molecule has 3 heteroatoms. The summed E-state index contributed by atoms with van der Waals surface area (Å²) in [5.41, 5.74) is 1.33. The fraction of sp³-hybridized carbons (Fsp3) is 0.476. The van der Waals surface area contributed by atoms with Crippen LogP contribution in [0.3, 0.4) is 0 Å². The lowest BCUT2D eigenvalue weighted by Crippen LogP contribution is -2.50. The minimum Gasteiger partial charge on any atom is -0.343 e. The van der Waals surface area contributed by atoms with Crippen LogP contribution in [-0.4, -0.2) is 29.9 Å². The van der Waals surface area contributed by atoms with Crippen molar-refractivity contribution >= 4 is 16.7 Å². The summed E-state index contributed by atoms with van der Waals surface area (Å²) in [5.74, 6) is 0.736. The predicted molar refractivity (Wildman–Crippen MR) is 99.9 cm³/mol. The van der Waals surface area contributed by atoms with Crippen LogP contribution in [0, 0.1) is 5.92 Å². The Hall–Kier alpha value is -1.87. The van der Waals surface area contributed by atoms with Crippen LogP contribution in [0.5, 0.6) is 0 Å². The van der Waals surface area contributed by atoms with Crippen LogP contribution in [-0.2, 0) is 4.79 Å². The van der Waals surface area contributed by atoms with Crippen LogP contribution >= 0.6 is 0 Å². The van der Waals surface area contributed by atoms with E-state index in [-0.39, 0.29) is 5.91 Å². The molecule has 0 bridgehead atoms. The number of carbonyl (C=O) groups is 1. The fourth-order valence-corrected chi connectivity index (χ4v) is 3.85. The minimum absolute atomic E-state index is 0.203. The monoisotopic (exact) mass is 324 g/mol. The molecular weight excluding hydrogens is 296 g/mol. The first kappa shape index (κ1) is 17.0. The number of rotatable bonds is 4. The largest absolute Gasteiger partial charge is 0.343 e. The van der Waals surface area contributed by atoms with Crippen molar-refractivity contribution in [1.82, 2.24) is 10.2 Å². The van der Waals surface area contributed by atoms with E-state index in [9.17, 15) is 4.79 Å². The number of nitrogens with zero attached hydrogens (tertiary/aromatic N) is 1. The Kier molecular flexibility index (Phi) is 5.20. The van der Waals surface area contributed by atoms with Crippen LogP contribution in [0.25, 0.3) is 10.8 Å². The number of carbonyl (C=O) groups excluding carboxylic acids is 1. The highest BCUT2D eigenvalue weighted by Gasteiger charge is 2.30. The molecule has 3 rings (SSSR count). The minimum atomic E-state index is 0.203. The van der Waals surface area contributed by atoms with Crippen LogP contribution < -0.4 is 5.32 Å². The molecular formula is C21H28N2O. The number of piperidine rings is 1. The highest BCUT2D eigenvalue weighted by molar-refractivity contribution is 5.83. The van der Waals surface area contributed by atoms with E-state index in [1.807, 2.05) is 4.90 Å². The molecule has 0 radical (unpaired) electrons. The SMILES string of the molecule is CC[C@@H]1CN(C(C)=O)CC[C@@H]1N[C@@H](C)c1ccc2ccccc2c1. The molecule has 0 unspecified atom stereocenters. The molecule has 128 valence electrons. The standard InChI is InChI=1S/C21H28N2O/c1-4-17-14-23(16(3)24)12-11-21(17)22-15(2)19-10-9-18-7-5-6-8-20(18)13-19/h5-10,13,15,17,21-22H,4,11-12,14H2,1-3H3/t15-,17+,21-/m0/s1. The Bertz CT molecular complexity index is 712. The molecule has 0 aromatic heterocycles. The summed E-state index contributed by atoms with van der Waals surface area (Å²) < 4.78 is 0. The number of hydrogen-bond donors (Lipinski definition) is 1. The second-order valence-electron chi connectivity index (χ2n) is 7.02. The maximum absolute atomic E-state index is 11.6. The van der Waals surface area contributed by atoms with E-state index in [2.05, 4.69) is 61.6 Å². The van der Waals surface area contributed by atoms with Gasteiger partial charge in [0.2, 0.25) is 5.91 Å². The van der Waals surface area contributed by atoms with Crippen molar-refractivity contribution in [3.05, 3.63) is 48.0 Å². The van der Waals surface area contributed by atoms with E-state index >= 15 is 0 Å². The van der Waals surface area contributed by atoms with Crippen LogP contribution in [0.2, 0.25) is 0 Å². The normalized spacial score (nSPS) is 22.5. The zero-order valence-electron chi connectivity index (χ0n) is 15.0. The first-order chi connectivity index (χ1) is 11.6. The smallest absolute Gasteiger partial charge is 0.219 e. The molecule has 0 saturated carbocycles. The lowest BCUT2D eigenvalue weighted by atomic mass is 9.88. The molecule has 1 N–H and O–H groups in total. The maximum Gasteiger partial charge on any atom is 0.219 e. The van der Waals surface area contributed by atoms with Gasteiger partial charge in [-0.1, -0.05) is 49.7 Å². The molecule has 2 aromatic rings. The van der Waals surface area contributed by atoms with Gasteiger partial charge in [0, 0.05) is 32.1 Å². The van der Waals surface area contributed by atoms with Crippen molar-refractivity contribution < 1.29 is 4.79 Å². The van der Waals surface area contributed by atoms with Crippen molar-refractivity contribution in [2.75, 3.05) is 13.1 Å². The Labute approximate surface area is 145 Å². The average molecular weight is 324 g/mol. The van der Waals surface area contributed by atoms with E-state index in [0.717, 1.165) is 25.9 Å². The number of benzene rings is 2. The van der Waals surface area contributed by atoms with Crippen molar-refractivity contribution in [2.24, 2.45) is 5.92 Å². The van der Waals surface area contributed by atoms with Gasteiger partial charge in [-0.2, -0.15) is 0 Å². The van der Waals surface area contributed by atoms with Gasteiger partial charge in [-0.25, -0.2) is 0 Å². The van der Waals surface area contributed by atoms with Crippen LogP contribution in [0.4, 0.5) is 0 Å². The second kappa shape index (κ2) is 7.35. The van der Waals surface area contributed by atoms with E-state index < -0.39 is 0 Å². The van der Waals surface area contributed by atoms with Gasteiger partial charge in [-0.05, 0) is 41.7 Å². The lowest BCUT2D eigenvalue weighted by Gasteiger charge is -2.39. The number of fused-ring (bicyclic) bond motifs is 1. The second-order valence-corrected chi connectivity index (χ2v) is 7.02. The molecule has 24 heavy (non-hydrogen) atoms. The zero-order valence-corrected chi connectivity index (χ0v) is 15.0. The zero-order chi connectivity index (χ0) is 17.1. The number of nitrogens with one attached hydrogen (secondary N) is 1. The van der Waals surface area contributed by atoms with Gasteiger partial charge in [0.05, 0.1) is 0 Å². The van der Waals surface area contributed by atoms with Gasteiger partial charge in [-0.15, -0.1) is 0 Å². The maximum atomic E-state index is 11.6. The van der Waals surface area contributed by atoms with Gasteiger partial charge in [0.15, 0.2) is 0 Å². The summed E-state index contributed by atoms with van der Waals surface area (Å²) in [4.78, 5) is 13.6. The molecule has 3 atom stereocenters. The van der Waals surface area contributed by atoms with E-state index in [0.29, 0.717) is 18.0 Å². The molecule has 1 saturated heterocycles. The van der Waals surface area contributed by atoms with E-state index in [1.54, 1.807) is 6.92 Å². The van der Waals surface area contributed by atoms with Gasteiger partial charge < -0.3 is 10.2 Å². The fourth-order valence-electron chi connectivity index (χ4n) is 3.85. The third-order valence-corrected chi connectivity index (χ3v) is 5.44. The van der Waals surface area contributed by atoms with Crippen molar-refractivity contribution in [1.29, 1.82) is 0 Å². The molecule has 2 aromatic carbocycles. The summed E-state index contributed by atoms with van der Waals surface area (Å²) >= 11 is 0. The highest BCUT2D eigenvalue weighted by atomic mass is 16.2. The summed E-state index contributed by atoms with van der Waals surface area (Å²) in [6.45, 7) is 7.90. The van der Waals surface area contributed by atoms with Crippen LogP contribution in [0.15, 0.2) is 42.5 Å². The molecule has 0 spiro atoms. The molecule has 3 nitrogen and oxygen atoms in total. The topological polar surface area (TPSA) is 32.3 Å². The quantitative estimate of drug-likeness (QED) is 0.917. The lowest BCUT2D eigenvalue weighted by molar-refractivity contribution is -0.131. The molecule has 1 fully saturated rings. The summed E-state index contributed by atoms with van der Waals surface area (Å²) in [5, 5.41) is 6.40. The molecule has 1 heterocycles. The molecule has 1 amide bonds. The third-order valence-electron chi connectivity index (χ3n) is 5.44. The molecule has 1 aliphatic heterocycles. The van der Waals surface area contributed by atoms with Crippen molar-refractivity contribution in [3.63, 3.8) is 0 Å². The number of likely N-dealkylation sites (tertiary alicyclic amines) is 1. The van der Waals surface area contributed by atoms with E-state index in [4.69, 9.17) is 0 Å². The van der Waals surface area contributed by atoms with Gasteiger partial charge in [-0.3, -0.25) is 4.79 Å². The third kappa shape index (κ3) is 3.62. The summed E-state index contributed by atoms with van der Waals surface area (Å²) in [7, 11) is 0. The van der Waals surface area contributed by atoms with Crippen molar-refractivity contribution in [3.8, 4) is 0 Å².